The highest BCUT2D eigenvalue weighted by Crippen LogP contribution is 2.45. The van der Waals surface area contributed by atoms with E-state index in [1.54, 1.807) is 7.05 Å². The Kier molecular flexibility index (Phi) is 4.90. The van der Waals surface area contributed by atoms with Crippen LogP contribution in [0.15, 0.2) is 12.5 Å². The van der Waals surface area contributed by atoms with Crippen molar-refractivity contribution in [2.45, 2.75) is 18.6 Å². The molecule has 131 valence electrons. The maximum atomic E-state index is 12.5. The molecular formula is C14H18N3O7. The molecule has 2 N–H and O–H groups in total. The van der Waals surface area contributed by atoms with Crippen LogP contribution in [0.2, 0.25) is 0 Å². The van der Waals surface area contributed by atoms with Gasteiger partial charge in [0.25, 0.3) is 0 Å². The third-order valence-electron chi connectivity index (χ3n) is 3.74. The molecule has 1 radical (unpaired) electrons. The summed E-state index contributed by atoms with van der Waals surface area (Å²) in [5.41, 5.74) is 4.50. The minimum absolute atomic E-state index is 0.0731. The van der Waals surface area contributed by atoms with Crippen molar-refractivity contribution in [1.82, 2.24) is 9.55 Å². The van der Waals surface area contributed by atoms with Crippen LogP contribution in [-0.2, 0) is 36.0 Å². The Morgan fingerprint density at radius 2 is 2.08 bits per heavy atom. The molecule has 0 amide bonds. The Morgan fingerprint density at radius 1 is 1.42 bits per heavy atom. The first-order chi connectivity index (χ1) is 11.3. The van der Waals surface area contributed by atoms with Gasteiger partial charge in [-0.3, -0.25) is 4.79 Å². The maximum Gasteiger partial charge on any atom is 0.386 e. The predicted molar refractivity (Wildman–Crippen MR) is 75.7 cm³/mol. The number of nitrogens with zero attached hydrogens (tertiary/aromatic N) is 2. The fourth-order valence-electron chi connectivity index (χ4n) is 1.96. The van der Waals surface area contributed by atoms with Crippen molar-refractivity contribution < 1.29 is 33.7 Å². The van der Waals surface area contributed by atoms with Gasteiger partial charge in [0.05, 0.1) is 18.9 Å². The molecule has 1 saturated carbocycles. The highest BCUT2D eigenvalue weighted by atomic mass is 16.7. The molecule has 0 bridgehead atoms. The highest BCUT2D eigenvalue weighted by Gasteiger charge is 2.53. The van der Waals surface area contributed by atoms with E-state index in [1.807, 2.05) is 0 Å². The summed E-state index contributed by atoms with van der Waals surface area (Å²) in [4.78, 5) is 39.3. The number of aryl methyl sites for hydroxylation is 1. The molecule has 0 aliphatic heterocycles. The van der Waals surface area contributed by atoms with E-state index in [9.17, 15) is 19.5 Å². The van der Waals surface area contributed by atoms with Gasteiger partial charge in [-0.15, -0.1) is 0 Å². The van der Waals surface area contributed by atoms with Gasteiger partial charge < -0.3 is 24.5 Å². The van der Waals surface area contributed by atoms with Gasteiger partial charge in [0.2, 0.25) is 0 Å². The first kappa shape index (κ1) is 17.9. The molecular weight excluding hydrogens is 322 g/mol. The number of imidazole rings is 1. The summed E-state index contributed by atoms with van der Waals surface area (Å²) in [5.74, 6) is -6.25. The molecule has 1 aromatic heterocycles. The third-order valence-corrected chi connectivity index (χ3v) is 3.74. The summed E-state index contributed by atoms with van der Waals surface area (Å²) in [6, 6.07) is 0. The Hall–Kier alpha value is -2.46. The zero-order chi connectivity index (χ0) is 18.0. The van der Waals surface area contributed by atoms with Crippen molar-refractivity contribution in [3.63, 3.8) is 0 Å². The lowest BCUT2D eigenvalue weighted by Gasteiger charge is -2.23. The number of carbonyl (C=O) groups is 3. The van der Waals surface area contributed by atoms with E-state index in [0.29, 0.717) is 12.8 Å². The summed E-state index contributed by atoms with van der Waals surface area (Å²) in [5, 5.41) is 12.5. The maximum absolute atomic E-state index is 12.5. The van der Waals surface area contributed by atoms with Crippen molar-refractivity contribution in [3.05, 3.63) is 18.2 Å². The second-order valence-corrected chi connectivity index (χ2v) is 5.62. The van der Waals surface area contributed by atoms with Crippen LogP contribution < -0.4 is 5.73 Å². The highest BCUT2D eigenvalue weighted by molar-refractivity contribution is 5.90. The van der Waals surface area contributed by atoms with Gasteiger partial charge in [-0.05, 0) is 12.8 Å². The Bertz CT molecular complexity index is 653. The van der Waals surface area contributed by atoms with Crippen LogP contribution >= 0.6 is 0 Å². The summed E-state index contributed by atoms with van der Waals surface area (Å²) in [7, 11) is 2.56. The van der Waals surface area contributed by atoms with Crippen LogP contribution in [-0.4, -0.2) is 53.5 Å². The van der Waals surface area contributed by atoms with Gasteiger partial charge in [0, 0.05) is 19.8 Å². The molecule has 1 aliphatic carbocycles. The molecule has 1 atom stereocenters. The van der Waals surface area contributed by atoms with Gasteiger partial charge in [0.15, 0.2) is 12.3 Å². The Labute approximate surface area is 137 Å². The molecule has 1 fully saturated rings. The second-order valence-electron chi connectivity index (χ2n) is 5.62. The van der Waals surface area contributed by atoms with E-state index in [4.69, 9.17) is 10.5 Å². The van der Waals surface area contributed by atoms with Gasteiger partial charge in [-0.1, -0.05) is 0 Å². The zero-order valence-electron chi connectivity index (χ0n) is 13.3. The molecule has 1 aliphatic rings. The first-order valence-electron chi connectivity index (χ1n) is 7.14. The average molecular weight is 340 g/mol. The van der Waals surface area contributed by atoms with Crippen LogP contribution in [0.4, 0.5) is 0 Å². The van der Waals surface area contributed by atoms with Crippen molar-refractivity contribution >= 4 is 17.9 Å². The SMILES string of the molecule is COC(=O)C([O])(COC(=O)C1(CN)CC1)OC(=O)c1cn(C)cn1. The number of hydrogen-bond acceptors (Lipinski definition) is 8. The van der Waals surface area contributed by atoms with Crippen LogP contribution in [0.1, 0.15) is 23.3 Å². The molecule has 2 rings (SSSR count). The van der Waals surface area contributed by atoms with Gasteiger partial charge in [-0.2, -0.15) is 5.11 Å². The quantitative estimate of drug-likeness (QED) is 0.384. The van der Waals surface area contributed by atoms with Crippen molar-refractivity contribution in [2.75, 3.05) is 20.3 Å². The Balaban J connectivity index is 2.07. The van der Waals surface area contributed by atoms with Crippen molar-refractivity contribution in [2.24, 2.45) is 18.2 Å². The van der Waals surface area contributed by atoms with Gasteiger partial charge in [-0.25, -0.2) is 14.6 Å². The molecule has 1 aromatic rings. The second kappa shape index (κ2) is 6.57. The number of nitrogens with two attached hydrogens (primary N) is 1. The largest absolute Gasteiger partial charge is 0.464 e. The van der Waals surface area contributed by atoms with E-state index in [0.717, 1.165) is 7.11 Å². The lowest BCUT2D eigenvalue weighted by atomic mass is 10.1. The number of carbonyl (C=O) groups excluding carboxylic acids is 3. The molecule has 24 heavy (non-hydrogen) atoms. The molecule has 0 saturated heterocycles. The number of rotatable bonds is 7. The molecule has 10 nitrogen and oxygen atoms in total. The number of esters is 3. The lowest BCUT2D eigenvalue weighted by Crippen LogP contribution is -2.48. The van der Waals surface area contributed by atoms with E-state index >= 15 is 0 Å². The lowest BCUT2D eigenvalue weighted by molar-refractivity contribution is -0.244. The summed E-state index contributed by atoms with van der Waals surface area (Å²) < 4.78 is 15.3. The molecule has 1 heterocycles. The average Bonchev–Trinajstić information content (AvgIpc) is 3.25. The molecule has 1 unspecified atom stereocenters. The van der Waals surface area contributed by atoms with Crippen LogP contribution in [0.3, 0.4) is 0 Å². The van der Waals surface area contributed by atoms with Crippen LogP contribution in [0.25, 0.3) is 0 Å². The zero-order valence-corrected chi connectivity index (χ0v) is 13.3. The normalized spacial score (nSPS) is 17.5. The van der Waals surface area contributed by atoms with Crippen molar-refractivity contribution in [1.29, 1.82) is 0 Å². The minimum atomic E-state index is -3.02. The monoisotopic (exact) mass is 340 g/mol. The van der Waals surface area contributed by atoms with Crippen LogP contribution in [0, 0.1) is 5.41 Å². The van der Waals surface area contributed by atoms with E-state index in [2.05, 4.69) is 14.5 Å². The van der Waals surface area contributed by atoms with Gasteiger partial charge in [0.1, 0.15) is 0 Å². The van der Waals surface area contributed by atoms with E-state index in [1.165, 1.54) is 17.1 Å². The number of hydrogen-bond donors (Lipinski definition) is 1. The summed E-state index contributed by atoms with van der Waals surface area (Å²) >= 11 is 0. The summed E-state index contributed by atoms with van der Waals surface area (Å²) in [6.07, 6.45) is 3.71. The van der Waals surface area contributed by atoms with Gasteiger partial charge >= 0.3 is 23.7 Å². The van der Waals surface area contributed by atoms with E-state index in [-0.39, 0.29) is 12.2 Å². The van der Waals surface area contributed by atoms with E-state index < -0.39 is 35.7 Å². The molecule has 10 heteroatoms. The standard InChI is InChI=1S/C14H18N3O7/c1-17-5-9(16-8-17)10(18)24-14(21,12(20)22-2)7-23-11(19)13(6-15)3-4-13/h5,8H,3-4,6-7,15H2,1-2H3. The van der Waals surface area contributed by atoms with Crippen LogP contribution in [0.5, 0.6) is 0 Å². The fraction of sp³-hybridized carbons (Fsp3) is 0.571. The third kappa shape index (κ3) is 3.54. The first-order valence-corrected chi connectivity index (χ1v) is 7.14. The van der Waals surface area contributed by atoms with Crippen molar-refractivity contribution in [3.8, 4) is 0 Å². The smallest absolute Gasteiger partial charge is 0.386 e. The number of aromatic nitrogens is 2. The topological polar surface area (TPSA) is 143 Å². The fourth-order valence-corrected chi connectivity index (χ4v) is 1.96. The predicted octanol–water partition coefficient (Wildman–Crippen LogP) is -0.841. The number of methoxy groups -OCH3 is 1. The Morgan fingerprint density at radius 3 is 2.54 bits per heavy atom. The summed E-state index contributed by atoms with van der Waals surface area (Å²) in [6.45, 7) is -0.942. The number of ether oxygens (including phenoxy) is 3. The molecule has 0 spiro atoms. The molecule has 0 aromatic carbocycles. The minimum Gasteiger partial charge on any atom is -0.464 e.